The number of carbonyl (C=O) groups excluding carboxylic acids is 1. The fraction of sp³-hybridized carbons (Fsp3) is 0.364. The molecular weight excluding hydrogens is 412 g/mol. The van der Waals surface area contributed by atoms with E-state index in [0.717, 1.165) is 18.8 Å². The second-order valence-electron chi connectivity index (χ2n) is 7.27. The van der Waals surface area contributed by atoms with Crippen LogP contribution in [-0.4, -0.2) is 69.6 Å². The van der Waals surface area contributed by atoms with Crippen molar-refractivity contribution in [2.45, 2.75) is 19.0 Å². The number of anilines is 1. The topological polar surface area (TPSA) is 76.4 Å². The van der Waals surface area contributed by atoms with Crippen molar-refractivity contribution in [3.05, 3.63) is 54.1 Å². The Bertz CT molecular complexity index is 1030. The highest BCUT2D eigenvalue weighted by Crippen LogP contribution is 2.26. The number of nitrogens with zero attached hydrogens (tertiary/aromatic N) is 6. The molecule has 1 amide bonds. The number of ether oxygens (including phenoxy) is 1. The molecule has 1 aliphatic rings. The van der Waals surface area contributed by atoms with Gasteiger partial charge in [-0.25, -0.2) is 0 Å². The number of rotatable bonds is 7. The summed E-state index contributed by atoms with van der Waals surface area (Å²) < 4.78 is 7.31. The lowest BCUT2D eigenvalue weighted by Crippen LogP contribution is -2.49. The first-order valence-electron chi connectivity index (χ1n) is 10.4. The summed E-state index contributed by atoms with van der Waals surface area (Å²) in [6.45, 7) is 7.68. The summed E-state index contributed by atoms with van der Waals surface area (Å²) in [6, 6.07) is 16.1. The molecular formula is C22H26N6O2S. The summed E-state index contributed by atoms with van der Waals surface area (Å²) >= 11 is 1.34. The van der Waals surface area contributed by atoms with Crippen LogP contribution < -0.4 is 9.64 Å². The average Bonchev–Trinajstić information content (AvgIpc) is 3.26. The molecule has 162 valence electrons. The maximum absolute atomic E-state index is 12.8. The molecule has 8 nitrogen and oxygen atoms in total. The highest BCUT2D eigenvalue weighted by atomic mass is 32.2. The molecule has 0 radical (unpaired) electrons. The maximum atomic E-state index is 12.8. The number of piperazine rings is 1. The number of aromatic nitrogens is 4. The van der Waals surface area contributed by atoms with Crippen LogP contribution in [0.1, 0.15) is 12.5 Å². The van der Waals surface area contributed by atoms with Gasteiger partial charge in [-0.15, -0.1) is 5.10 Å². The number of para-hydroxylation sites is 2. The van der Waals surface area contributed by atoms with Crippen molar-refractivity contribution in [3.63, 3.8) is 0 Å². The van der Waals surface area contributed by atoms with Crippen LogP contribution in [0.15, 0.2) is 53.7 Å². The van der Waals surface area contributed by atoms with Gasteiger partial charge in [0, 0.05) is 31.9 Å². The van der Waals surface area contributed by atoms with Gasteiger partial charge in [0.2, 0.25) is 11.1 Å². The molecule has 9 heteroatoms. The molecule has 2 heterocycles. The Kier molecular flexibility index (Phi) is 6.71. The highest BCUT2D eigenvalue weighted by Gasteiger charge is 2.22. The summed E-state index contributed by atoms with van der Waals surface area (Å²) in [5, 5.41) is 12.6. The molecule has 4 rings (SSSR count). The molecule has 0 saturated carbocycles. The second-order valence-corrected chi connectivity index (χ2v) is 8.21. The van der Waals surface area contributed by atoms with Crippen molar-refractivity contribution in [3.8, 4) is 11.4 Å². The number of thioether (sulfide) groups is 1. The lowest BCUT2D eigenvalue weighted by atomic mass is 10.2. The minimum Gasteiger partial charge on any atom is -0.492 e. The van der Waals surface area contributed by atoms with E-state index in [2.05, 4.69) is 51.6 Å². The molecule has 3 aromatic rings. The summed E-state index contributed by atoms with van der Waals surface area (Å²) in [7, 11) is 0. The normalized spacial score (nSPS) is 14.0. The van der Waals surface area contributed by atoms with E-state index in [1.54, 1.807) is 4.68 Å². The Labute approximate surface area is 186 Å². The third kappa shape index (κ3) is 4.99. The van der Waals surface area contributed by atoms with E-state index in [9.17, 15) is 4.79 Å². The van der Waals surface area contributed by atoms with Crippen LogP contribution in [0.4, 0.5) is 5.69 Å². The zero-order valence-electron chi connectivity index (χ0n) is 17.8. The molecule has 0 spiro atoms. The number of benzene rings is 2. The van der Waals surface area contributed by atoms with Gasteiger partial charge in [0.1, 0.15) is 11.4 Å². The molecule has 0 unspecified atom stereocenters. The Morgan fingerprint density at radius 2 is 1.90 bits per heavy atom. The van der Waals surface area contributed by atoms with E-state index >= 15 is 0 Å². The molecule has 1 aromatic heterocycles. The van der Waals surface area contributed by atoms with Gasteiger partial charge in [-0.05, 0) is 54.1 Å². The molecule has 1 fully saturated rings. The largest absolute Gasteiger partial charge is 0.492 e. The first-order valence-corrected chi connectivity index (χ1v) is 11.4. The second kappa shape index (κ2) is 9.82. The zero-order chi connectivity index (χ0) is 21.6. The van der Waals surface area contributed by atoms with Crippen molar-refractivity contribution < 1.29 is 9.53 Å². The zero-order valence-corrected chi connectivity index (χ0v) is 18.6. The smallest absolute Gasteiger partial charge is 0.233 e. The first-order chi connectivity index (χ1) is 15.2. The third-order valence-electron chi connectivity index (χ3n) is 5.16. The molecule has 31 heavy (non-hydrogen) atoms. The van der Waals surface area contributed by atoms with Gasteiger partial charge >= 0.3 is 0 Å². The van der Waals surface area contributed by atoms with Crippen LogP contribution in [0.2, 0.25) is 0 Å². The Balaban J connectivity index is 1.35. The molecule has 2 aromatic carbocycles. The van der Waals surface area contributed by atoms with Crippen LogP contribution >= 0.6 is 11.8 Å². The average molecular weight is 439 g/mol. The number of amides is 1. The van der Waals surface area contributed by atoms with Crippen molar-refractivity contribution in [1.82, 2.24) is 25.1 Å². The Hall–Kier alpha value is -3.07. The summed E-state index contributed by atoms with van der Waals surface area (Å²) in [5.74, 6) is 1.10. The lowest BCUT2D eigenvalue weighted by molar-refractivity contribution is -0.128. The highest BCUT2D eigenvalue weighted by molar-refractivity contribution is 7.99. The monoisotopic (exact) mass is 438 g/mol. The predicted octanol–water partition coefficient (Wildman–Crippen LogP) is 2.81. The maximum Gasteiger partial charge on any atom is 0.233 e. The van der Waals surface area contributed by atoms with E-state index in [0.29, 0.717) is 36.4 Å². The van der Waals surface area contributed by atoms with E-state index in [1.807, 2.05) is 36.1 Å². The minimum absolute atomic E-state index is 0.0986. The number of hydrogen-bond acceptors (Lipinski definition) is 7. The summed E-state index contributed by atoms with van der Waals surface area (Å²) in [4.78, 5) is 17.0. The van der Waals surface area contributed by atoms with Crippen molar-refractivity contribution >= 4 is 23.4 Å². The fourth-order valence-corrected chi connectivity index (χ4v) is 4.37. The SMILES string of the molecule is CCOc1ccccc1-n1nnnc1SCC(=O)N1CCN(c2cccc(C)c2)CC1. The van der Waals surface area contributed by atoms with Crippen molar-refractivity contribution in [2.24, 2.45) is 0 Å². The predicted molar refractivity (Wildman–Crippen MR) is 121 cm³/mol. The van der Waals surface area contributed by atoms with E-state index in [1.165, 1.54) is 23.0 Å². The molecule has 1 aliphatic heterocycles. The van der Waals surface area contributed by atoms with Gasteiger partial charge in [0.05, 0.1) is 12.4 Å². The number of tetrazole rings is 1. The van der Waals surface area contributed by atoms with E-state index in [4.69, 9.17) is 4.74 Å². The lowest BCUT2D eigenvalue weighted by Gasteiger charge is -2.36. The molecule has 0 bridgehead atoms. The van der Waals surface area contributed by atoms with Gasteiger partial charge < -0.3 is 14.5 Å². The van der Waals surface area contributed by atoms with Crippen molar-refractivity contribution in [1.29, 1.82) is 0 Å². The molecule has 0 atom stereocenters. The fourth-order valence-electron chi connectivity index (χ4n) is 3.59. The molecule has 0 aliphatic carbocycles. The van der Waals surface area contributed by atoms with Gasteiger partial charge in [-0.2, -0.15) is 4.68 Å². The van der Waals surface area contributed by atoms with Gasteiger partial charge in [-0.1, -0.05) is 36.0 Å². The van der Waals surface area contributed by atoms with Crippen molar-refractivity contribution in [2.75, 3.05) is 43.4 Å². The summed E-state index contributed by atoms with van der Waals surface area (Å²) in [6.07, 6.45) is 0. The number of aryl methyl sites for hydroxylation is 1. The van der Waals surface area contributed by atoms with E-state index < -0.39 is 0 Å². The minimum atomic E-state index is 0.0986. The number of hydrogen-bond donors (Lipinski definition) is 0. The van der Waals surface area contributed by atoms with Crippen LogP contribution in [0.3, 0.4) is 0 Å². The quantitative estimate of drug-likeness (QED) is 0.525. The third-order valence-corrected chi connectivity index (χ3v) is 6.06. The van der Waals surface area contributed by atoms with Gasteiger partial charge in [-0.3, -0.25) is 4.79 Å². The van der Waals surface area contributed by atoms with Crippen LogP contribution in [0.25, 0.3) is 5.69 Å². The Morgan fingerprint density at radius 3 is 2.68 bits per heavy atom. The van der Waals surface area contributed by atoms with Crippen LogP contribution in [0.5, 0.6) is 5.75 Å². The molecule has 1 saturated heterocycles. The van der Waals surface area contributed by atoms with Crippen LogP contribution in [-0.2, 0) is 4.79 Å². The standard InChI is InChI=1S/C22H26N6O2S/c1-3-30-20-10-5-4-9-19(20)28-22(23-24-25-28)31-16-21(29)27-13-11-26(12-14-27)18-8-6-7-17(2)15-18/h4-10,15H,3,11-14,16H2,1-2H3. The van der Waals surface area contributed by atoms with Gasteiger partial charge in [0.15, 0.2) is 0 Å². The van der Waals surface area contributed by atoms with E-state index in [-0.39, 0.29) is 5.91 Å². The van der Waals surface area contributed by atoms with Gasteiger partial charge in [0.25, 0.3) is 0 Å². The summed E-state index contributed by atoms with van der Waals surface area (Å²) in [5.41, 5.74) is 3.22. The van der Waals surface area contributed by atoms with Crippen LogP contribution in [0, 0.1) is 6.92 Å². The molecule has 0 N–H and O–H groups in total. The first kappa shape index (κ1) is 21.2. The number of carbonyl (C=O) groups is 1. The Morgan fingerprint density at radius 1 is 1.10 bits per heavy atom.